The van der Waals surface area contributed by atoms with Gasteiger partial charge in [0.1, 0.15) is 0 Å². The highest BCUT2D eigenvalue weighted by atomic mass is 16.1. The van der Waals surface area contributed by atoms with Crippen molar-refractivity contribution >= 4 is 5.91 Å². The lowest BCUT2D eigenvalue weighted by molar-refractivity contribution is -0.124. The van der Waals surface area contributed by atoms with Gasteiger partial charge in [-0.15, -0.1) is 0 Å². The number of nitrogens with zero attached hydrogens (tertiary/aromatic N) is 2. The fourth-order valence-electron chi connectivity index (χ4n) is 3.04. The van der Waals surface area contributed by atoms with Crippen molar-refractivity contribution in [3.05, 3.63) is 0 Å². The Hall–Kier alpha value is -0.650. The summed E-state index contributed by atoms with van der Waals surface area (Å²) in [5, 5.41) is 3.42. The van der Waals surface area contributed by atoms with E-state index < -0.39 is 5.54 Å². The number of nitrogens with one attached hydrogen (secondary N) is 1. The van der Waals surface area contributed by atoms with Crippen molar-refractivity contribution in [2.24, 2.45) is 5.73 Å². The molecule has 1 saturated heterocycles. The van der Waals surface area contributed by atoms with Crippen LogP contribution in [0.1, 0.15) is 39.0 Å². The number of likely N-dealkylation sites (N-methyl/N-ethyl adjacent to an activating group) is 1. The van der Waals surface area contributed by atoms with Crippen molar-refractivity contribution in [3.63, 3.8) is 0 Å². The van der Waals surface area contributed by atoms with E-state index in [4.69, 9.17) is 5.73 Å². The highest BCUT2D eigenvalue weighted by Crippen LogP contribution is 2.25. The molecule has 1 amide bonds. The van der Waals surface area contributed by atoms with E-state index in [0.717, 1.165) is 25.9 Å². The van der Waals surface area contributed by atoms with Crippen molar-refractivity contribution in [3.8, 4) is 0 Å². The lowest BCUT2D eigenvalue weighted by Crippen LogP contribution is -2.54. The highest BCUT2D eigenvalue weighted by molar-refractivity contribution is 5.84. The monoisotopic (exact) mass is 282 g/mol. The molecule has 20 heavy (non-hydrogen) atoms. The molecule has 5 heteroatoms. The lowest BCUT2D eigenvalue weighted by Gasteiger charge is -2.28. The average molecular weight is 282 g/mol. The van der Waals surface area contributed by atoms with Crippen LogP contribution in [-0.4, -0.2) is 67.1 Å². The zero-order valence-electron chi connectivity index (χ0n) is 13.2. The zero-order chi connectivity index (χ0) is 14.8. The predicted octanol–water partition coefficient (Wildman–Crippen LogP) is 0.399. The van der Waals surface area contributed by atoms with Gasteiger partial charge in [0.25, 0.3) is 0 Å². The van der Waals surface area contributed by atoms with Gasteiger partial charge in [0.15, 0.2) is 0 Å². The van der Waals surface area contributed by atoms with Gasteiger partial charge < -0.3 is 20.9 Å². The topological polar surface area (TPSA) is 61.6 Å². The molecule has 2 rings (SSSR count). The molecular weight excluding hydrogens is 252 g/mol. The molecule has 3 N–H and O–H groups in total. The smallest absolute Gasteiger partial charge is 0.237 e. The molecule has 0 aromatic carbocycles. The maximum atomic E-state index is 11.7. The quantitative estimate of drug-likeness (QED) is 0.676. The molecule has 5 nitrogen and oxygen atoms in total. The van der Waals surface area contributed by atoms with Gasteiger partial charge >= 0.3 is 0 Å². The van der Waals surface area contributed by atoms with E-state index >= 15 is 0 Å². The first-order valence-electron chi connectivity index (χ1n) is 7.87. The summed E-state index contributed by atoms with van der Waals surface area (Å²) in [6.07, 6.45) is 5.47. The van der Waals surface area contributed by atoms with E-state index in [-0.39, 0.29) is 5.91 Å². The van der Waals surface area contributed by atoms with Gasteiger partial charge in [-0.05, 0) is 66.2 Å². The summed E-state index contributed by atoms with van der Waals surface area (Å²) < 4.78 is 0. The van der Waals surface area contributed by atoms with Gasteiger partial charge in [-0.3, -0.25) is 4.79 Å². The highest BCUT2D eigenvalue weighted by Gasteiger charge is 2.36. The number of likely N-dealkylation sites (tertiary alicyclic amines) is 1. The molecule has 0 radical (unpaired) electrons. The first-order chi connectivity index (χ1) is 9.40. The van der Waals surface area contributed by atoms with Crippen LogP contribution >= 0.6 is 0 Å². The number of nitrogens with two attached hydrogens (primary N) is 1. The van der Waals surface area contributed by atoms with Crippen LogP contribution in [0.5, 0.6) is 0 Å². The Morgan fingerprint density at radius 3 is 2.60 bits per heavy atom. The number of hydrogen-bond donors (Lipinski definition) is 2. The Bertz CT molecular complexity index is 343. The molecule has 116 valence electrons. The van der Waals surface area contributed by atoms with Crippen LogP contribution in [0.25, 0.3) is 0 Å². The van der Waals surface area contributed by atoms with Crippen LogP contribution in [0.4, 0.5) is 0 Å². The van der Waals surface area contributed by atoms with Crippen molar-refractivity contribution < 1.29 is 4.79 Å². The number of carbonyl (C=O) groups excluding carboxylic acids is 1. The van der Waals surface area contributed by atoms with Crippen molar-refractivity contribution in [2.45, 2.75) is 56.7 Å². The molecule has 2 fully saturated rings. The minimum Gasteiger partial charge on any atom is -0.368 e. The van der Waals surface area contributed by atoms with Crippen LogP contribution in [0.3, 0.4) is 0 Å². The first-order valence-corrected chi connectivity index (χ1v) is 7.87. The molecule has 1 aliphatic heterocycles. The summed E-state index contributed by atoms with van der Waals surface area (Å²) in [6, 6.07) is 1.19. The van der Waals surface area contributed by atoms with Gasteiger partial charge in [-0.25, -0.2) is 0 Å². The minimum atomic E-state index is -0.526. The number of rotatable bonds is 8. The van der Waals surface area contributed by atoms with Gasteiger partial charge in [0.2, 0.25) is 5.91 Å². The third kappa shape index (κ3) is 4.17. The minimum absolute atomic E-state index is 0.211. The number of primary amides is 1. The largest absolute Gasteiger partial charge is 0.368 e. The van der Waals surface area contributed by atoms with Crippen LogP contribution in [0.15, 0.2) is 0 Å². The summed E-state index contributed by atoms with van der Waals surface area (Å²) >= 11 is 0. The van der Waals surface area contributed by atoms with Gasteiger partial charge in [-0.2, -0.15) is 0 Å². The molecule has 1 aliphatic carbocycles. The second-order valence-corrected chi connectivity index (χ2v) is 6.93. The summed E-state index contributed by atoms with van der Waals surface area (Å²) in [5.41, 5.74) is 5.06. The van der Waals surface area contributed by atoms with E-state index in [1.54, 1.807) is 0 Å². The SMILES string of the molecule is CN(C)C1CCN(CCCC(C)(NC2CC2)C(N)=O)C1. The van der Waals surface area contributed by atoms with E-state index in [0.29, 0.717) is 12.1 Å². The number of carbonyl (C=O) groups is 1. The Morgan fingerprint density at radius 1 is 1.40 bits per heavy atom. The Kier molecular flexibility index (Phi) is 5.04. The van der Waals surface area contributed by atoms with Gasteiger partial charge in [-0.1, -0.05) is 0 Å². The summed E-state index contributed by atoms with van der Waals surface area (Å²) in [5.74, 6) is -0.211. The van der Waals surface area contributed by atoms with Crippen LogP contribution in [0.2, 0.25) is 0 Å². The Morgan fingerprint density at radius 2 is 2.10 bits per heavy atom. The number of amides is 1. The number of hydrogen-bond acceptors (Lipinski definition) is 4. The second kappa shape index (κ2) is 6.41. The average Bonchev–Trinajstić information content (AvgIpc) is 3.04. The third-order valence-electron chi connectivity index (χ3n) is 4.77. The molecule has 1 heterocycles. The maximum absolute atomic E-state index is 11.7. The fraction of sp³-hybridized carbons (Fsp3) is 0.933. The maximum Gasteiger partial charge on any atom is 0.237 e. The van der Waals surface area contributed by atoms with Crippen LogP contribution in [-0.2, 0) is 4.79 Å². The van der Waals surface area contributed by atoms with Crippen molar-refractivity contribution in [1.82, 2.24) is 15.1 Å². The van der Waals surface area contributed by atoms with Gasteiger partial charge in [0.05, 0.1) is 5.54 Å². The molecule has 0 spiro atoms. The molecule has 0 aromatic heterocycles. The zero-order valence-corrected chi connectivity index (χ0v) is 13.2. The van der Waals surface area contributed by atoms with Crippen molar-refractivity contribution in [1.29, 1.82) is 0 Å². The van der Waals surface area contributed by atoms with E-state index in [9.17, 15) is 4.79 Å². The van der Waals surface area contributed by atoms with Gasteiger partial charge in [0, 0.05) is 18.6 Å². The first kappa shape index (κ1) is 15.7. The van der Waals surface area contributed by atoms with Crippen molar-refractivity contribution in [2.75, 3.05) is 33.7 Å². The Labute approximate surface area is 122 Å². The Balaban J connectivity index is 1.72. The molecule has 2 aliphatic rings. The van der Waals surface area contributed by atoms with E-state index in [2.05, 4.69) is 29.2 Å². The fourth-order valence-corrected chi connectivity index (χ4v) is 3.04. The molecule has 0 aromatic rings. The molecule has 1 saturated carbocycles. The molecule has 0 bridgehead atoms. The summed E-state index contributed by atoms with van der Waals surface area (Å²) in [4.78, 5) is 16.5. The third-order valence-corrected chi connectivity index (χ3v) is 4.77. The van der Waals surface area contributed by atoms with Crippen LogP contribution in [0, 0.1) is 0 Å². The predicted molar refractivity (Wildman–Crippen MR) is 81.5 cm³/mol. The van der Waals surface area contributed by atoms with Crippen LogP contribution < -0.4 is 11.1 Å². The lowest BCUT2D eigenvalue weighted by atomic mass is 9.94. The second-order valence-electron chi connectivity index (χ2n) is 6.93. The standard InChI is InChI=1S/C15H30N4O/c1-15(14(16)20,17-12-5-6-12)8-4-9-19-10-7-13(11-19)18(2)3/h12-13,17H,4-11H2,1-3H3,(H2,16,20). The van der Waals surface area contributed by atoms with E-state index in [1.165, 1.54) is 25.8 Å². The molecular formula is C15H30N4O. The summed E-state index contributed by atoms with van der Waals surface area (Å²) in [7, 11) is 4.30. The molecule has 2 atom stereocenters. The molecule has 2 unspecified atom stereocenters. The summed E-state index contributed by atoms with van der Waals surface area (Å²) in [6.45, 7) is 5.35. The van der Waals surface area contributed by atoms with E-state index in [1.807, 2.05) is 6.92 Å². The normalized spacial score (nSPS) is 26.9.